The van der Waals surface area contributed by atoms with E-state index in [0.29, 0.717) is 6.61 Å². The second kappa shape index (κ2) is 5.30. The minimum absolute atomic E-state index is 0.148. The van der Waals surface area contributed by atoms with Crippen molar-refractivity contribution in [3.05, 3.63) is 59.6 Å². The van der Waals surface area contributed by atoms with E-state index in [4.69, 9.17) is 14.7 Å². The maximum atomic E-state index is 6.06. The van der Waals surface area contributed by atoms with Gasteiger partial charge in [0.1, 0.15) is 23.2 Å². The Labute approximate surface area is 157 Å². The summed E-state index contributed by atoms with van der Waals surface area (Å²) in [6.45, 7) is 7.08. The summed E-state index contributed by atoms with van der Waals surface area (Å²) in [6, 6.07) is 19.0. The standard InChI is InChI=1S/C21H21N3OS/c1-20(2)13-25-19(23-20)21(3)17(24(21)14-9-5-4-6-10-14)18-22-15-11-7-8-12-16(15)26-18/h4-12,17H,13H2,1-3H3. The fourth-order valence-electron chi connectivity index (χ4n) is 3.82. The third-order valence-electron chi connectivity index (χ3n) is 5.20. The molecular formula is C21H21N3OS. The zero-order chi connectivity index (χ0) is 17.9. The molecule has 3 aromatic rings. The first kappa shape index (κ1) is 15.8. The molecule has 1 fully saturated rings. The van der Waals surface area contributed by atoms with Crippen LogP contribution in [0.1, 0.15) is 31.8 Å². The molecule has 132 valence electrons. The van der Waals surface area contributed by atoms with Crippen LogP contribution in [0.3, 0.4) is 0 Å². The van der Waals surface area contributed by atoms with E-state index < -0.39 is 0 Å². The Kier molecular flexibility index (Phi) is 3.23. The van der Waals surface area contributed by atoms with E-state index >= 15 is 0 Å². The molecule has 2 unspecified atom stereocenters. The van der Waals surface area contributed by atoms with Crippen molar-refractivity contribution in [1.82, 2.24) is 4.98 Å². The average molecular weight is 363 g/mol. The molecular weight excluding hydrogens is 342 g/mol. The van der Waals surface area contributed by atoms with E-state index in [9.17, 15) is 0 Å². The summed E-state index contributed by atoms with van der Waals surface area (Å²) >= 11 is 1.76. The lowest BCUT2D eigenvalue weighted by Crippen LogP contribution is -2.26. The molecule has 0 amide bonds. The molecule has 0 aliphatic carbocycles. The van der Waals surface area contributed by atoms with Crippen molar-refractivity contribution in [3.8, 4) is 0 Å². The van der Waals surface area contributed by atoms with Crippen LogP contribution in [0.15, 0.2) is 59.6 Å². The van der Waals surface area contributed by atoms with E-state index in [1.165, 1.54) is 10.4 Å². The monoisotopic (exact) mass is 363 g/mol. The zero-order valence-electron chi connectivity index (χ0n) is 15.1. The highest BCUT2D eigenvalue weighted by Gasteiger charge is 2.67. The van der Waals surface area contributed by atoms with Crippen molar-refractivity contribution >= 4 is 33.1 Å². The van der Waals surface area contributed by atoms with Gasteiger partial charge in [-0.05, 0) is 45.0 Å². The van der Waals surface area contributed by atoms with Crippen LogP contribution in [0.25, 0.3) is 10.2 Å². The zero-order valence-corrected chi connectivity index (χ0v) is 16.0. The summed E-state index contributed by atoms with van der Waals surface area (Å²) in [6.07, 6.45) is 0. The quantitative estimate of drug-likeness (QED) is 0.626. The van der Waals surface area contributed by atoms with Crippen LogP contribution in [-0.4, -0.2) is 28.6 Å². The third kappa shape index (κ3) is 2.27. The number of hydrogen-bond acceptors (Lipinski definition) is 5. The molecule has 1 saturated heterocycles. The second-order valence-electron chi connectivity index (χ2n) is 7.79. The largest absolute Gasteiger partial charge is 0.477 e. The van der Waals surface area contributed by atoms with Crippen molar-refractivity contribution in [3.63, 3.8) is 0 Å². The maximum absolute atomic E-state index is 6.06. The van der Waals surface area contributed by atoms with Crippen LogP contribution in [0.5, 0.6) is 0 Å². The highest BCUT2D eigenvalue weighted by molar-refractivity contribution is 7.18. The highest BCUT2D eigenvalue weighted by Crippen LogP contribution is 2.58. The lowest BCUT2D eigenvalue weighted by molar-refractivity contribution is 0.270. The summed E-state index contributed by atoms with van der Waals surface area (Å²) in [5.41, 5.74) is 1.78. The number of rotatable bonds is 3. The maximum Gasteiger partial charge on any atom is 0.213 e. The fraction of sp³-hybridized carbons (Fsp3) is 0.333. The van der Waals surface area contributed by atoms with E-state index in [1.54, 1.807) is 11.3 Å². The molecule has 0 saturated carbocycles. The number of ether oxygens (including phenoxy) is 1. The summed E-state index contributed by atoms with van der Waals surface area (Å²) in [7, 11) is 0. The lowest BCUT2D eigenvalue weighted by atomic mass is 10.1. The van der Waals surface area contributed by atoms with Crippen molar-refractivity contribution < 1.29 is 4.74 Å². The highest BCUT2D eigenvalue weighted by atomic mass is 32.1. The molecule has 3 heterocycles. The van der Waals surface area contributed by atoms with Gasteiger partial charge >= 0.3 is 0 Å². The molecule has 2 aliphatic heterocycles. The van der Waals surface area contributed by atoms with E-state index in [1.807, 2.05) is 12.1 Å². The van der Waals surface area contributed by atoms with Crippen LogP contribution in [0.2, 0.25) is 0 Å². The number of benzene rings is 2. The molecule has 2 atom stereocenters. The Morgan fingerprint density at radius 1 is 1.04 bits per heavy atom. The number of nitrogens with zero attached hydrogens (tertiary/aromatic N) is 3. The minimum atomic E-state index is -0.289. The van der Waals surface area contributed by atoms with Gasteiger partial charge in [0.2, 0.25) is 5.90 Å². The topological polar surface area (TPSA) is 37.5 Å². The predicted octanol–water partition coefficient (Wildman–Crippen LogP) is 4.82. The molecule has 1 aromatic heterocycles. The van der Waals surface area contributed by atoms with Gasteiger partial charge < -0.3 is 9.64 Å². The number of fused-ring (bicyclic) bond motifs is 1. The number of hydrogen-bond donors (Lipinski definition) is 0. The SMILES string of the molecule is CC1(C)COC(C2(C)C(c3nc4ccccc4s3)N2c2ccccc2)=N1. The van der Waals surface area contributed by atoms with Crippen molar-refractivity contribution in [2.45, 2.75) is 37.9 Å². The molecule has 2 aliphatic rings. The van der Waals surface area contributed by atoms with E-state index in [0.717, 1.165) is 16.4 Å². The van der Waals surface area contributed by atoms with Gasteiger partial charge in [-0.2, -0.15) is 0 Å². The Balaban J connectivity index is 1.62. The number of aromatic nitrogens is 1. The minimum Gasteiger partial charge on any atom is -0.477 e. The first-order valence-corrected chi connectivity index (χ1v) is 9.74. The van der Waals surface area contributed by atoms with Gasteiger partial charge in [0.15, 0.2) is 0 Å². The second-order valence-corrected chi connectivity index (χ2v) is 8.86. The number of para-hydroxylation sites is 2. The van der Waals surface area contributed by atoms with Gasteiger partial charge in [-0.25, -0.2) is 9.98 Å². The van der Waals surface area contributed by atoms with Crippen molar-refractivity contribution in [2.24, 2.45) is 4.99 Å². The van der Waals surface area contributed by atoms with Crippen molar-refractivity contribution in [2.75, 3.05) is 11.5 Å². The number of aliphatic imine (C=N–C) groups is 1. The molecule has 0 spiro atoms. The van der Waals surface area contributed by atoms with E-state index in [-0.39, 0.29) is 17.1 Å². The summed E-state index contributed by atoms with van der Waals surface area (Å²) < 4.78 is 7.28. The summed E-state index contributed by atoms with van der Waals surface area (Å²) in [5, 5.41) is 1.12. The molecule has 4 nitrogen and oxygen atoms in total. The molecule has 5 rings (SSSR count). The van der Waals surface area contributed by atoms with Gasteiger partial charge in [-0.3, -0.25) is 0 Å². The van der Waals surface area contributed by atoms with Crippen LogP contribution in [0.4, 0.5) is 5.69 Å². The molecule has 2 aromatic carbocycles. The van der Waals surface area contributed by atoms with Gasteiger partial charge in [0, 0.05) is 5.69 Å². The van der Waals surface area contributed by atoms with E-state index in [2.05, 4.69) is 68.1 Å². The first-order valence-electron chi connectivity index (χ1n) is 8.92. The normalized spacial score (nSPS) is 26.7. The molecule has 5 heteroatoms. The number of thiazole rings is 1. The molecule has 0 radical (unpaired) electrons. The van der Waals surface area contributed by atoms with Gasteiger partial charge in [-0.15, -0.1) is 11.3 Å². The number of anilines is 1. The van der Waals surface area contributed by atoms with Crippen LogP contribution >= 0.6 is 11.3 Å². The predicted molar refractivity (Wildman–Crippen MR) is 107 cm³/mol. The summed E-state index contributed by atoms with van der Waals surface area (Å²) in [5.74, 6) is 0.829. The third-order valence-corrected chi connectivity index (χ3v) is 6.29. The molecule has 0 N–H and O–H groups in total. The van der Waals surface area contributed by atoms with Gasteiger partial charge in [0.25, 0.3) is 0 Å². The Bertz CT molecular complexity index is 977. The van der Waals surface area contributed by atoms with Gasteiger partial charge in [-0.1, -0.05) is 30.3 Å². The Hall–Kier alpha value is -2.40. The van der Waals surface area contributed by atoms with Gasteiger partial charge in [0.05, 0.1) is 15.8 Å². The smallest absolute Gasteiger partial charge is 0.213 e. The van der Waals surface area contributed by atoms with Crippen molar-refractivity contribution in [1.29, 1.82) is 0 Å². The van der Waals surface area contributed by atoms with Crippen LogP contribution in [-0.2, 0) is 4.74 Å². The molecule has 26 heavy (non-hydrogen) atoms. The lowest BCUT2D eigenvalue weighted by Gasteiger charge is -2.12. The fourth-order valence-corrected chi connectivity index (χ4v) is 5.00. The Morgan fingerprint density at radius 2 is 1.77 bits per heavy atom. The first-order chi connectivity index (χ1) is 12.5. The molecule has 0 bridgehead atoms. The average Bonchev–Trinajstić information content (AvgIpc) is 2.94. The van der Waals surface area contributed by atoms with Crippen LogP contribution < -0.4 is 4.90 Å². The Morgan fingerprint density at radius 3 is 2.46 bits per heavy atom. The summed E-state index contributed by atoms with van der Waals surface area (Å²) in [4.78, 5) is 12.2. The van der Waals surface area contributed by atoms with Crippen LogP contribution in [0, 0.1) is 0 Å².